The Morgan fingerprint density at radius 1 is 0.941 bits per heavy atom. The minimum absolute atomic E-state index is 0.513. The van der Waals surface area contributed by atoms with Crippen LogP contribution in [0, 0.1) is 17.8 Å². The van der Waals surface area contributed by atoms with E-state index in [4.69, 9.17) is 0 Å². The highest BCUT2D eigenvalue weighted by molar-refractivity contribution is 5.33. The Balaban J connectivity index is 1.79. The third-order valence-electron chi connectivity index (χ3n) is 5.62. The van der Waals surface area contributed by atoms with E-state index in [2.05, 4.69) is 36.9 Å². The van der Waals surface area contributed by atoms with Gasteiger partial charge < -0.3 is 0 Å². The first-order valence-corrected chi connectivity index (χ1v) is 7.01. The van der Waals surface area contributed by atoms with Crippen LogP contribution >= 0.6 is 0 Å². The van der Waals surface area contributed by atoms with Crippen molar-refractivity contribution in [1.82, 2.24) is 0 Å². The molecule has 4 aliphatic rings. The summed E-state index contributed by atoms with van der Waals surface area (Å²) in [6.07, 6.45) is 7.07. The van der Waals surface area contributed by atoms with Gasteiger partial charge in [-0.05, 0) is 60.8 Å². The maximum atomic E-state index is 4.38. The molecule has 4 bridgehead atoms. The molecule has 5 rings (SSSR count). The van der Waals surface area contributed by atoms with Crippen molar-refractivity contribution >= 4 is 0 Å². The molecule has 0 spiro atoms. The number of benzene rings is 1. The predicted octanol–water partition coefficient (Wildman–Crippen LogP) is 4.32. The highest BCUT2D eigenvalue weighted by Gasteiger charge is 2.52. The van der Waals surface area contributed by atoms with E-state index in [1.807, 2.05) is 0 Å². The lowest BCUT2D eigenvalue weighted by Gasteiger charge is -2.58. The van der Waals surface area contributed by atoms with Crippen LogP contribution < -0.4 is 0 Å². The third kappa shape index (κ3) is 1.30. The second-order valence-corrected chi connectivity index (χ2v) is 6.56. The van der Waals surface area contributed by atoms with Crippen LogP contribution in [0.1, 0.15) is 37.7 Å². The van der Waals surface area contributed by atoms with E-state index in [1.54, 1.807) is 11.1 Å². The lowest BCUT2D eigenvalue weighted by atomic mass is 9.47. The van der Waals surface area contributed by atoms with Crippen LogP contribution in [-0.2, 0) is 5.41 Å². The molecule has 0 saturated heterocycles. The summed E-state index contributed by atoms with van der Waals surface area (Å²) in [4.78, 5) is 0. The molecule has 0 heterocycles. The number of hydrogen-bond acceptors (Lipinski definition) is 0. The van der Waals surface area contributed by atoms with Gasteiger partial charge >= 0.3 is 0 Å². The number of rotatable bonds is 1. The Hall–Kier alpha value is -1.04. The Morgan fingerprint density at radius 3 is 2.24 bits per heavy atom. The molecule has 4 aliphatic carbocycles. The molecule has 0 heteroatoms. The minimum Gasteiger partial charge on any atom is -0.0993 e. The summed E-state index contributed by atoms with van der Waals surface area (Å²) < 4.78 is 0. The van der Waals surface area contributed by atoms with E-state index in [0.29, 0.717) is 5.41 Å². The minimum atomic E-state index is 0.513. The molecule has 4 saturated carbocycles. The first kappa shape index (κ1) is 9.94. The standard InChI is InChI=1S/C17H20/c1-12-14-7-13-8-15(12)11-17(9-13,10-14)16-5-3-2-4-6-16/h2-6,13-15H,1,7-11H2/t13?,14-,15+,17?. The molecule has 0 radical (unpaired) electrons. The molecule has 4 fully saturated rings. The van der Waals surface area contributed by atoms with Gasteiger partial charge in [0.25, 0.3) is 0 Å². The highest BCUT2D eigenvalue weighted by Crippen LogP contribution is 2.62. The molecule has 88 valence electrons. The third-order valence-corrected chi connectivity index (χ3v) is 5.62. The van der Waals surface area contributed by atoms with Crippen LogP contribution in [0.25, 0.3) is 0 Å². The van der Waals surface area contributed by atoms with Gasteiger partial charge in [0.2, 0.25) is 0 Å². The molecule has 0 N–H and O–H groups in total. The monoisotopic (exact) mass is 224 g/mol. The van der Waals surface area contributed by atoms with Crippen molar-refractivity contribution in [3.63, 3.8) is 0 Å². The summed E-state index contributed by atoms with van der Waals surface area (Å²) in [6, 6.07) is 11.3. The molecule has 1 aromatic carbocycles. The molecule has 0 amide bonds. The molecule has 0 nitrogen and oxygen atoms in total. The van der Waals surface area contributed by atoms with Crippen molar-refractivity contribution in [2.24, 2.45) is 17.8 Å². The Bertz CT molecular complexity index is 438. The normalized spacial score (nSPS) is 43.1. The summed E-state index contributed by atoms with van der Waals surface area (Å²) in [7, 11) is 0. The van der Waals surface area contributed by atoms with E-state index < -0.39 is 0 Å². The average Bonchev–Trinajstić information content (AvgIpc) is 2.36. The summed E-state index contributed by atoms with van der Waals surface area (Å²) in [5, 5.41) is 0. The zero-order chi connectivity index (χ0) is 11.5. The predicted molar refractivity (Wildman–Crippen MR) is 70.8 cm³/mol. The van der Waals surface area contributed by atoms with E-state index in [0.717, 1.165) is 17.8 Å². The van der Waals surface area contributed by atoms with E-state index >= 15 is 0 Å². The lowest BCUT2D eigenvalue weighted by molar-refractivity contribution is 0.0408. The van der Waals surface area contributed by atoms with Crippen LogP contribution in [0.5, 0.6) is 0 Å². The van der Waals surface area contributed by atoms with Gasteiger partial charge in [-0.15, -0.1) is 0 Å². The van der Waals surface area contributed by atoms with Gasteiger partial charge in [0.1, 0.15) is 0 Å². The van der Waals surface area contributed by atoms with E-state index in [9.17, 15) is 0 Å². The topological polar surface area (TPSA) is 0 Å². The van der Waals surface area contributed by atoms with Crippen LogP contribution in [0.3, 0.4) is 0 Å². The van der Waals surface area contributed by atoms with E-state index in [-0.39, 0.29) is 0 Å². The quantitative estimate of drug-likeness (QED) is 0.623. The Kier molecular flexibility index (Phi) is 1.90. The maximum absolute atomic E-state index is 4.38. The van der Waals surface area contributed by atoms with Gasteiger partial charge in [-0.25, -0.2) is 0 Å². The fourth-order valence-corrected chi connectivity index (χ4v) is 5.02. The molecule has 17 heavy (non-hydrogen) atoms. The van der Waals surface area contributed by atoms with Crippen molar-refractivity contribution in [2.75, 3.05) is 0 Å². The fraction of sp³-hybridized carbons (Fsp3) is 0.529. The first-order valence-electron chi connectivity index (χ1n) is 7.01. The molecule has 4 atom stereocenters. The second kappa shape index (κ2) is 3.25. The largest absolute Gasteiger partial charge is 0.0993 e. The smallest absolute Gasteiger partial charge is 0.00329 e. The van der Waals surface area contributed by atoms with Crippen LogP contribution in [0.4, 0.5) is 0 Å². The zero-order valence-corrected chi connectivity index (χ0v) is 10.4. The molecule has 2 unspecified atom stereocenters. The van der Waals surface area contributed by atoms with Crippen molar-refractivity contribution in [1.29, 1.82) is 0 Å². The van der Waals surface area contributed by atoms with E-state index in [1.165, 1.54) is 32.1 Å². The van der Waals surface area contributed by atoms with Gasteiger partial charge in [-0.3, -0.25) is 0 Å². The molecule has 0 aliphatic heterocycles. The van der Waals surface area contributed by atoms with Gasteiger partial charge in [0.15, 0.2) is 0 Å². The SMILES string of the molecule is C=C1[C@@H]2CC3C[C@H]1CC(c1ccccc1)(C3)C2. The summed E-state index contributed by atoms with van der Waals surface area (Å²) in [5.41, 5.74) is 3.71. The molecule has 0 aromatic heterocycles. The zero-order valence-electron chi connectivity index (χ0n) is 10.4. The number of hydrogen-bond donors (Lipinski definition) is 0. The Morgan fingerprint density at radius 2 is 1.59 bits per heavy atom. The van der Waals surface area contributed by atoms with Crippen molar-refractivity contribution in [3.05, 3.63) is 48.0 Å². The molecular formula is C17H20. The van der Waals surface area contributed by atoms with Crippen molar-refractivity contribution in [3.8, 4) is 0 Å². The van der Waals surface area contributed by atoms with Crippen molar-refractivity contribution < 1.29 is 0 Å². The van der Waals surface area contributed by atoms with Crippen LogP contribution in [0.2, 0.25) is 0 Å². The van der Waals surface area contributed by atoms with Gasteiger partial charge in [-0.2, -0.15) is 0 Å². The average molecular weight is 224 g/mol. The lowest BCUT2D eigenvalue weighted by Crippen LogP contribution is -2.49. The highest BCUT2D eigenvalue weighted by atomic mass is 14.6. The summed E-state index contributed by atoms with van der Waals surface area (Å²) in [6.45, 7) is 4.38. The summed E-state index contributed by atoms with van der Waals surface area (Å²) >= 11 is 0. The van der Waals surface area contributed by atoms with Crippen LogP contribution in [0.15, 0.2) is 42.5 Å². The first-order chi connectivity index (χ1) is 8.27. The molecular weight excluding hydrogens is 204 g/mol. The van der Waals surface area contributed by atoms with Crippen molar-refractivity contribution in [2.45, 2.75) is 37.5 Å². The number of allylic oxidation sites excluding steroid dienone is 1. The summed E-state index contributed by atoms with van der Waals surface area (Å²) in [5.74, 6) is 2.65. The Labute approximate surface area is 104 Å². The maximum Gasteiger partial charge on any atom is -0.00329 e. The van der Waals surface area contributed by atoms with Gasteiger partial charge in [0.05, 0.1) is 0 Å². The van der Waals surface area contributed by atoms with Gasteiger partial charge in [0, 0.05) is 0 Å². The van der Waals surface area contributed by atoms with Crippen LogP contribution in [-0.4, -0.2) is 0 Å². The van der Waals surface area contributed by atoms with Gasteiger partial charge in [-0.1, -0.05) is 42.5 Å². The second-order valence-electron chi connectivity index (χ2n) is 6.56. The molecule has 1 aromatic rings. The fourth-order valence-electron chi connectivity index (χ4n) is 5.02.